The summed E-state index contributed by atoms with van der Waals surface area (Å²) in [5.74, 6) is 2.33. The first-order valence-electron chi connectivity index (χ1n) is 15.1. The zero-order valence-corrected chi connectivity index (χ0v) is 27.2. The number of fused-ring (bicyclic) bond motifs is 2. The number of imide groups is 1. The van der Waals surface area contributed by atoms with Gasteiger partial charge in [0.1, 0.15) is 29.8 Å². The molecule has 5 rings (SSSR count). The molecule has 0 radical (unpaired) electrons. The minimum absolute atomic E-state index is 0.0948. The van der Waals surface area contributed by atoms with E-state index in [-0.39, 0.29) is 19.1 Å². The molecule has 2 atom stereocenters. The van der Waals surface area contributed by atoms with Gasteiger partial charge in [-0.3, -0.25) is 0 Å². The SMILES string of the molecule is CC(C)(O)COc1cc(-c2ccc(N3CC4C(COC(=O)N(C(=O)OC(C)(C)C)C(C)(C)C)C4C3)nc2)c2c(C#N)cnn2c1. The summed E-state index contributed by atoms with van der Waals surface area (Å²) in [6.07, 6.45) is 3.57. The number of hydrogen-bond donors (Lipinski definition) is 1. The number of aromatic nitrogens is 3. The fourth-order valence-electron chi connectivity index (χ4n) is 5.72. The van der Waals surface area contributed by atoms with Crippen LogP contribution in [0.3, 0.4) is 0 Å². The molecule has 1 saturated carbocycles. The molecule has 12 heteroatoms. The number of pyridine rings is 2. The van der Waals surface area contributed by atoms with Gasteiger partial charge in [-0.15, -0.1) is 0 Å². The number of ether oxygens (including phenoxy) is 3. The number of piperidine rings is 1. The first-order chi connectivity index (χ1) is 20.9. The van der Waals surface area contributed by atoms with Crippen LogP contribution in [0, 0.1) is 29.1 Å². The Bertz CT molecular complexity index is 1610. The minimum atomic E-state index is -1.01. The second-order valence-electron chi connectivity index (χ2n) is 14.5. The van der Waals surface area contributed by atoms with E-state index in [9.17, 15) is 20.0 Å². The number of carbonyl (C=O) groups excluding carboxylic acids is 2. The van der Waals surface area contributed by atoms with Crippen molar-refractivity contribution >= 4 is 23.5 Å². The fourth-order valence-corrected chi connectivity index (χ4v) is 5.72. The lowest BCUT2D eigenvalue weighted by Gasteiger charge is -2.34. The average Bonchev–Trinajstić information content (AvgIpc) is 3.23. The number of aliphatic hydroxyl groups is 1. The van der Waals surface area contributed by atoms with Gasteiger partial charge in [-0.05, 0) is 85.4 Å². The molecule has 1 aliphatic carbocycles. The first kappa shape index (κ1) is 32.0. The molecule has 0 bridgehead atoms. The Morgan fingerprint density at radius 3 is 2.31 bits per heavy atom. The smallest absolute Gasteiger partial charge is 0.420 e. The Balaban J connectivity index is 1.22. The number of anilines is 1. The van der Waals surface area contributed by atoms with Gasteiger partial charge in [0.15, 0.2) is 0 Å². The van der Waals surface area contributed by atoms with Crippen molar-refractivity contribution in [3.63, 3.8) is 0 Å². The molecule has 2 amide bonds. The van der Waals surface area contributed by atoms with Crippen LogP contribution in [0.5, 0.6) is 5.75 Å². The molecule has 2 fully saturated rings. The Kier molecular flexibility index (Phi) is 8.21. The molecule has 1 aliphatic heterocycles. The molecule has 3 aromatic heterocycles. The largest absolute Gasteiger partial charge is 0.489 e. The molecule has 2 unspecified atom stereocenters. The molecule has 4 heterocycles. The normalized spacial score (nSPS) is 19.6. The van der Waals surface area contributed by atoms with Gasteiger partial charge in [0.05, 0.1) is 35.7 Å². The van der Waals surface area contributed by atoms with Crippen LogP contribution >= 0.6 is 0 Å². The lowest BCUT2D eigenvalue weighted by molar-refractivity contribution is 0.00337. The number of rotatable bonds is 7. The van der Waals surface area contributed by atoms with Crippen LogP contribution in [0.4, 0.5) is 15.4 Å². The first-order valence-corrected chi connectivity index (χ1v) is 15.1. The van der Waals surface area contributed by atoms with Gasteiger partial charge in [0, 0.05) is 41.9 Å². The highest BCUT2D eigenvalue weighted by atomic mass is 16.6. The van der Waals surface area contributed by atoms with E-state index >= 15 is 0 Å². The lowest BCUT2D eigenvalue weighted by atomic mass is 10.1. The monoisotopic (exact) mass is 618 g/mol. The van der Waals surface area contributed by atoms with E-state index in [1.165, 1.54) is 6.20 Å². The summed E-state index contributed by atoms with van der Waals surface area (Å²) < 4.78 is 18.5. The van der Waals surface area contributed by atoms with Gasteiger partial charge in [0.2, 0.25) is 0 Å². The average molecular weight is 619 g/mol. The molecule has 0 spiro atoms. The topological polar surface area (TPSA) is 143 Å². The predicted molar refractivity (Wildman–Crippen MR) is 167 cm³/mol. The minimum Gasteiger partial charge on any atom is -0.489 e. The molecule has 0 aromatic carbocycles. The van der Waals surface area contributed by atoms with E-state index in [2.05, 4.69) is 16.1 Å². The molecular weight excluding hydrogens is 576 g/mol. The van der Waals surface area contributed by atoms with Crippen LogP contribution < -0.4 is 9.64 Å². The number of amides is 2. The second kappa shape index (κ2) is 11.5. The van der Waals surface area contributed by atoms with Crippen LogP contribution in [0.1, 0.15) is 61.0 Å². The van der Waals surface area contributed by atoms with Crippen LogP contribution in [-0.2, 0) is 9.47 Å². The number of nitrogens with zero attached hydrogens (tertiary/aromatic N) is 6. The Hall–Kier alpha value is -4.37. The lowest BCUT2D eigenvalue weighted by Crippen LogP contribution is -2.51. The molecule has 45 heavy (non-hydrogen) atoms. The summed E-state index contributed by atoms with van der Waals surface area (Å²) in [4.78, 5) is 33.7. The number of nitriles is 1. The van der Waals surface area contributed by atoms with Gasteiger partial charge in [-0.2, -0.15) is 10.4 Å². The Labute approximate surface area is 263 Å². The van der Waals surface area contributed by atoms with Crippen molar-refractivity contribution in [2.24, 2.45) is 17.8 Å². The quantitative estimate of drug-likeness (QED) is 0.372. The molecule has 1 N–H and O–H groups in total. The third-order valence-corrected chi connectivity index (χ3v) is 7.88. The molecule has 1 saturated heterocycles. The molecule has 2 aliphatic rings. The highest BCUT2D eigenvalue weighted by molar-refractivity contribution is 5.89. The number of hydrogen-bond acceptors (Lipinski definition) is 10. The molecular formula is C33H42N6O6. The van der Waals surface area contributed by atoms with Crippen molar-refractivity contribution in [3.05, 3.63) is 42.4 Å². The summed E-state index contributed by atoms with van der Waals surface area (Å²) in [5.41, 5.74) is 0.106. The third-order valence-electron chi connectivity index (χ3n) is 7.88. The van der Waals surface area contributed by atoms with Gasteiger partial charge in [-0.25, -0.2) is 24.0 Å². The van der Waals surface area contributed by atoms with Gasteiger partial charge in [-0.1, -0.05) is 0 Å². The third kappa shape index (κ3) is 7.14. The highest BCUT2D eigenvalue weighted by Crippen LogP contribution is 2.52. The summed E-state index contributed by atoms with van der Waals surface area (Å²) in [7, 11) is 0. The van der Waals surface area contributed by atoms with Crippen LogP contribution in [0.15, 0.2) is 36.8 Å². The van der Waals surface area contributed by atoms with Crippen LogP contribution in [0.2, 0.25) is 0 Å². The van der Waals surface area contributed by atoms with Crippen molar-refractivity contribution in [2.45, 2.75) is 72.1 Å². The maximum absolute atomic E-state index is 13.0. The summed E-state index contributed by atoms with van der Waals surface area (Å²) in [6, 6.07) is 7.96. The number of carbonyl (C=O) groups is 2. The van der Waals surface area contributed by atoms with Gasteiger partial charge >= 0.3 is 12.2 Å². The van der Waals surface area contributed by atoms with Gasteiger partial charge in [0.25, 0.3) is 0 Å². The maximum Gasteiger partial charge on any atom is 0.420 e. The van der Waals surface area contributed by atoms with Crippen molar-refractivity contribution in [3.8, 4) is 22.9 Å². The Morgan fingerprint density at radius 2 is 1.76 bits per heavy atom. The fraction of sp³-hybridized carbons (Fsp3) is 0.545. The van der Waals surface area contributed by atoms with E-state index in [0.717, 1.165) is 34.9 Å². The zero-order chi connectivity index (χ0) is 32.9. The molecule has 12 nitrogen and oxygen atoms in total. The maximum atomic E-state index is 13.0. The second-order valence-corrected chi connectivity index (χ2v) is 14.5. The summed E-state index contributed by atoms with van der Waals surface area (Å²) in [5, 5.41) is 24.1. The molecule has 240 valence electrons. The van der Waals surface area contributed by atoms with Crippen molar-refractivity contribution < 1.29 is 28.9 Å². The standard InChI is InChI=1S/C33H42N6O6/c1-31(2,3)39(30(41)45-32(4,5)6)29(40)43-18-26-24-16-37(17-25(24)26)27-10-9-20(13-35-27)23-11-22(44-19-33(7,8)42)15-38-28(23)21(12-34)14-36-38/h9-11,13-15,24-26,42H,16-19H2,1-8H3. The van der Waals surface area contributed by atoms with Crippen molar-refractivity contribution in [1.29, 1.82) is 5.26 Å². The summed E-state index contributed by atoms with van der Waals surface area (Å²) in [6.45, 7) is 15.8. The highest BCUT2D eigenvalue weighted by Gasteiger charge is 2.56. The van der Waals surface area contributed by atoms with Crippen LogP contribution in [-0.4, -0.2) is 79.8 Å². The molecule has 3 aromatic rings. The van der Waals surface area contributed by atoms with E-state index in [1.54, 1.807) is 72.3 Å². The van der Waals surface area contributed by atoms with Gasteiger partial charge < -0.3 is 24.2 Å². The van der Waals surface area contributed by atoms with E-state index < -0.39 is 28.9 Å². The van der Waals surface area contributed by atoms with Crippen LogP contribution in [0.25, 0.3) is 16.6 Å². The zero-order valence-electron chi connectivity index (χ0n) is 27.2. The van der Waals surface area contributed by atoms with Crippen molar-refractivity contribution in [1.82, 2.24) is 19.5 Å². The van der Waals surface area contributed by atoms with E-state index in [0.29, 0.717) is 28.7 Å². The predicted octanol–water partition coefficient (Wildman–Crippen LogP) is 5.27. The van der Waals surface area contributed by atoms with E-state index in [4.69, 9.17) is 19.2 Å². The van der Waals surface area contributed by atoms with E-state index in [1.807, 2.05) is 18.2 Å². The summed E-state index contributed by atoms with van der Waals surface area (Å²) >= 11 is 0. The Morgan fingerprint density at radius 1 is 1.07 bits per heavy atom. The van der Waals surface area contributed by atoms with Crippen molar-refractivity contribution in [2.75, 3.05) is 31.2 Å².